The molecule has 2 aromatic carbocycles. The largest absolute Gasteiger partial charge is 0.385 e. The number of benzene rings is 2. The fraction of sp³-hybridized carbons (Fsp3) is 0.357. The molecule has 0 unspecified atom stereocenters. The first-order valence-corrected chi connectivity index (χ1v) is 14.3. The number of fused-ring (bicyclic) bond motifs is 1. The lowest BCUT2D eigenvalue weighted by molar-refractivity contribution is -0.380. The first kappa shape index (κ1) is 28.0. The highest BCUT2D eigenvalue weighted by atomic mass is 35.5. The van der Waals surface area contributed by atoms with E-state index in [1.54, 1.807) is 13.2 Å². The van der Waals surface area contributed by atoms with Crippen LogP contribution in [0.3, 0.4) is 0 Å². The maximum absolute atomic E-state index is 13.1. The number of halogens is 1. The van der Waals surface area contributed by atoms with E-state index in [2.05, 4.69) is 20.9 Å². The molecule has 12 heteroatoms. The number of nitrogens with one attached hydrogen (secondary N) is 1. The standard InChI is InChI=1S/C28H30ClN5O5S/c1-38-14-4-11-33-24-18-23(32-12-15-39-16-13-32)21(30-26(35)9-7-19-5-2-3-6-20(19)29)17-22(24)31-28(33)25-8-10-27(40-25)34(36)37/h2-3,5-6,8,10,17-18H,4,7,9,11-16H2,1H3,(H,30,35). The summed E-state index contributed by atoms with van der Waals surface area (Å²) in [7, 11) is 1.66. The SMILES string of the molecule is COCCCn1c(-c2ccc([N+](=O)[O-])s2)nc2cc(NC(=O)CCc3ccccc3Cl)c(N3CCOCC3)cc21. The van der Waals surface area contributed by atoms with Crippen LogP contribution in [0.1, 0.15) is 18.4 Å². The molecule has 4 aromatic rings. The second kappa shape index (κ2) is 12.8. The summed E-state index contributed by atoms with van der Waals surface area (Å²) >= 11 is 7.38. The van der Waals surface area contributed by atoms with Crippen molar-refractivity contribution in [3.8, 4) is 10.7 Å². The Morgan fingerprint density at radius 1 is 1.23 bits per heavy atom. The predicted octanol–water partition coefficient (Wildman–Crippen LogP) is 5.77. The van der Waals surface area contributed by atoms with Crippen molar-refractivity contribution in [2.45, 2.75) is 25.8 Å². The number of morpholine rings is 1. The summed E-state index contributed by atoms with van der Waals surface area (Å²) in [6.45, 7) is 3.76. The molecular formula is C28H30ClN5O5S. The number of aryl methyl sites for hydroxylation is 2. The van der Waals surface area contributed by atoms with Gasteiger partial charge in [0.05, 0.1) is 45.4 Å². The van der Waals surface area contributed by atoms with Crippen molar-refractivity contribution < 1.29 is 19.2 Å². The topological polar surface area (TPSA) is 112 Å². The zero-order valence-corrected chi connectivity index (χ0v) is 23.7. The van der Waals surface area contributed by atoms with Gasteiger partial charge in [-0.15, -0.1) is 0 Å². The smallest absolute Gasteiger partial charge is 0.324 e. The Kier molecular flexibility index (Phi) is 8.95. The summed E-state index contributed by atoms with van der Waals surface area (Å²) in [5.74, 6) is 0.529. The number of aromatic nitrogens is 2. The highest BCUT2D eigenvalue weighted by molar-refractivity contribution is 7.18. The fourth-order valence-corrected chi connectivity index (χ4v) is 5.86. The van der Waals surface area contributed by atoms with E-state index in [0.29, 0.717) is 72.8 Å². The zero-order chi connectivity index (χ0) is 28.1. The van der Waals surface area contributed by atoms with E-state index in [1.807, 2.05) is 30.3 Å². The van der Waals surface area contributed by atoms with E-state index in [1.165, 1.54) is 6.07 Å². The zero-order valence-electron chi connectivity index (χ0n) is 22.1. The van der Waals surface area contributed by atoms with E-state index < -0.39 is 4.92 Å². The van der Waals surface area contributed by atoms with Gasteiger partial charge in [0.25, 0.3) is 0 Å². The summed E-state index contributed by atoms with van der Waals surface area (Å²) < 4.78 is 12.9. The lowest BCUT2D eigenvalue weighted by Crippen LogP contribution is -2.36. The number of thiophene rings is 1. The van der Waals surface area contributed by atoms with Crippen LogP contribution >= 0.6 is 22.9 Å². The normalized spacial score (nSPS) is 13.6. The molecule has 0 bridgehead atoms. The van der Waals surface area contributed by atoms with Crippen LogP contribution in [0.4, 0.5) is 16.4 Å². The summed E-state index contributed by atoms with van der Waals surface area (Å²) in [6.07, 6.45) is 1.55. The minimum atomic E-state index is -0.390. The average Bonchev–Trinajstić information content (AvgIpc) is 3.58. The fourth-order valence-electron chi connectivity index (χ4n) is 4.82. The number of ether oxygens (including phenoxy) is 2. The van der Waals surface area contributed by atoms with Gasteiger partial charge in [-0.25, -0.2) is 4.98 Å². The summed E-state index contributed by atoms with van der Waals surface area (Å²) in [6, 6.07) is 14.7. The molecule has 2 aromatic heterocycles. The number of carbonyl (C=O) groups excluding carboxylic acids is 1. The maximum atomic E-state index is 13.1. The second-order valence-corrected chi connectivity index (χ2v) is 10.9. The molecule has 3 heterocycles. The van der Waals surface area contributed by atoms with Gasteiger partial charge in [0.1, 0.15) is 0 Å². The number of nitrogens with zero attached hydrogens (tertiary/aromatic N) is 4. The molecule has 1 saturated heterocycles. The summed E-state index contributed by atoms with van der Waals surface area (Å²) in [5.41, 5.74) is 4.06. The van der Waals surface area contributed by atoms with E-state index >= 15 is 0 Å². The van der Waals surface area contributed by atoms with Crippen LogP contribution in [0.2, 0.25) is 5.02 Å². The molecule has 0 saturated carbocycles. The third-order valence-electron chi connectivity index (χ3n) is 6.79. The van der Waals surface area contributed by atoms with Crippen LogP contribution in [-0.4, -0.2) is 60.4 Å². The number of anilines is 2. The minimum Gasteiger partial charge on any atom is -0.385 e. The number of carbonyl (C=O) groups is 1. The monoisotopic (exact) mass is 583 g/mol. The van der Waals surface area contributed by atoms with Gasteiger partial charge >= 0.3 is 5.00 Å². The predicted molar refractivity (Wildman–Crippen MR) is 158 cm³/mol. The molecule has 1 amide bonds. The van der Waals surface area contributed by atoms with Gasteiger partial charge in [0.2, 0.25) is 5.91 Å². The molecule has 0 spiro atoms. The molecule has 1 aliphatic rings. The van der Waals surface area contributed by atoms with Gasteiger partial charge in [-0.2, -0.15) is 0 Å². The van der Waals surface area contributed by atoms with Crippen LogP contribution in [0.15, 0.2) is 48.5 Å². The third-order valence-corrected chi connectivity index (χ3v) is 8.19. The highest BCUT2D eigenvalue weighted by Crippen LogP contribution is 2.38. The Balaban J connectivity index is 1.52. The van der Waals surface area contributed by atoms with Crippen molar-refractivity contribution in [3.63, 3.8) is 0 Å². The Morgan fingerprint density at radius 3 is 2.75 bits per heavy atom. The van der Waals surface area contributed by atoms with Gasteiger partial charge in [0.15, 0.2) is 5.82 Å². The number of hydrogen-bond donors (Lipinski definition) is 1. The van der Waals surface area contributed by atoms with E-state index in [0.717, 1.165) is 34.5 Å². The third kappa shape index (κ3) is 6.28. The molecule has 40 heavy (non-hydrogen) atoms. The minimum absolute atomic E-state index is 0.0611. The van der Waals surface area contributed by atoms with E-state index in [-0.39, 0.29) is 17.3 Å². The molecule has 0 radical (unpaired) electrons. The number of imidazole rings is 1. The Labute approximate surface area is 240 Å². The Morgan fingerprint density at radius 2 is 2.02 bits per heavy atom. The van der Waals surface area contributed by atoms with Crippen LogP contribution in [-0.2, 0) is 27.2 Å². The molecule has 10 nitrogen and oxygen atoms in total. The Hall–Kier alpha value is -3.51. The van der Waals surface area contributed by atoms with Crippen LogP contribution < -0.4 is 10.2 Å². The number of amides is 1. The van der Waals surface area contributed by atoms with Crippen LogP contribution in [0, 0.1) is 10.1 Å². The molecule has 210 valence electrons. The highest BCUT2D eigenvalue weighted by Gasteiger charge is 2.23. The molecule has 0 aliphatic carbocycles. The van der Waals surface area contributed by atoms with Crippen molar-refractivity contribution in [1.82, 2.24) is 9.55 Å². The average molecular weight is 584 g/mol. The van der Waals surface area contributed by atoms with E-state index in [9.17, 15) is 14.9 Å². The molecule has 1 fully saturated rings. The molecule has 1 N–H and O–H groups in total. The van der Waals surface area contributed by atoms with E-state index in [4.69, 9.17) is 26.1 Å². The second-order valence-electron chi connectivity index (χ2n) is 9.43. The molecular weight excluding hydrogens is 554 g/mol. The van der Waals surface area contributed by atoms with Gasteiger partial charge in [0, 0.05) is 50.9 Å². The molecule has 0 atom stereocenters. The lowest BCUT2D eigenvalue weighted by atomic mass is 10.1. The van der Waals surface area contributed by atoms with Crippen LogP contribution in [0.25, 0.3) is 21.7 Å². The van der Waals surface area contributed by atoms with Crippen molar-refractivity contribution in [1.29, 1.82) is 0 Å². The first-order valence-electron chi connectivity index (χ1n) is 13.1. The number of rotatable bonds is 11. The van der Waals surface area contributed by atoms with Crippen molar-refractivity contribution in [2.24, 2.45) is 0 Å². The molecule has 5 rings (SSSR count). The van der Waals surface area contributed by atoms with Gasteiger partial charge in [-0.3, -0.25) is 14.9 Å². The summed E-state index contributed by atoms with van der Waals surface area (Å²) in [4.78, 5) is 31.9. The van der Waals surface area contributed by atoms with Crippen molar-refractivity contribution in [3.05, 3.63) is 69.2 Å². The van der Waals surface area contributed by atoms with Crippen LogP contribution in [0.5, 0.6) is 0 Å². The van der Waals surface area contributed by atoms with Gasteiger partial charge in [-0.1, -0.05) is 41.1 Å². The van der Waals surface area contributed by atoms with Crippen molar-refractivity contribution >= 4 is 56.3 Å². The first-order chi connectivity index (χ1) is 19.4. The van der Waals surface area contributed by atoms with Gasteiger partial charge in [-0.05, 0) is 42.7 Å². The Bertz CT molecular complexity index is 1510. The maximum Gasteiger partial charge on any atom is 0.324 e. The number of methoxy groups -OCH3 is 1. The molecule has 1 aliphatic heterocycles. The van der Waals surface area contributed by atoms with Gasteiger partial charge < -0.3 is 24.3 Å². The summed E-state index contributed by atoms with van der Waals surface area (Å²) in [5, 5.41) is 15.2. The number of nitro groups is 1. The van der Waals surface area contributed by atoms with Crippen molar-refractivity contribution in [2.75, 3.05) is 50.2 Å². The lowest BCUT2D eigenvalue weighted by Gasteiger charge is -2.30. The quantitative estimate of drug-likeness (QED) is 0.135. The number of hydrogen-bond acceptors (Lipinski definition) is 8.